The van der Waals surface area contributed by atoms with E-state index in [1.54, 1.807) is 17.5 Å². The molecule has 0 spiro atoms. The summed E-state index contributed by atoms with van der Waals surface area (Å²) in [6.07, 6.45) is 0. The molecule has 134 valence electrons. The molecule has 1 aromatic heterocycles. The molecule has 25 heavy (non-hydrogen) atoms. The van der Waals surface area contributed by atoms with E-state index in [-0.39, 0.29) is 18.3 Å². The van der Waals surface area contributed by atoms with Crippen LogP contribution in [0.1, 0.15) is 15.5 Å². The maximum absolute atomic E-state index is 13.1. The van der Waals surface area contributed by atoms with Crippen molar-refractivity contribution in [3.63, 3.8) is 0 Å². The molecular formula is C17H20FN3O3S. The Balaban J connectivity index is 1.43. The summed E-state index contributed by atoms with van der Waals surface area (Å²) in [4.78, 5) is 18.6. The van der Waals surface area contributed by atoms with Crippen LogP contribution >= 0.6 is 11.3 Å². The van der Waals surface area contributed by atoms with Gasteiger partial charge in [0.2, 0.25) is 0 Å². The lowest BCUT2D eigenvalue weighted by Gasteiger charge is -2.26. The van der Waals surface area contributed by atoms with E-state index in [1.165, 1.54) is 23.5 Å². The zero-order valence-corrected chi connectivity index (χ0v) is 14.6. The molecule has 3 rings (SSSR count). The molecule has 1 saturated heterocycles. The topological polar surface area (TPSA) is 63.7 Å². The second-order valence-electron chi connectivity index (χ2n) is 5.58. The third-order valence-electron chi connectivity index (χ3n) is 3.76. The zero-order valence-electron chi connectivity index (χ0n) is 13.7. The highest BCUT2D eigenvalue weighted by molar-refractivity contribution is 7.09. The van der Waals surface area contributed by atoms with Crippen LogP contribution < -0.4 is 10.1 Å². The molecule has 0 atom stereocenters. The first kappa shape index (κ1) is 17.8. The van der Waals surface area contributed by atoms with Crippen LogP contribution in [0.25, 0.3) is 0 Å². The predicted octanol–water partition coefficient (Wildman–Crippen LogP) is 1.92. The molecule has 0 unspecified atom stereocenters. The molecule has 1 amide bonds. The van der Waals surface area contributed by atoms with Crippen LogP contribution in [-0.2, 0) is 11.3 Å². The first-order valence-electron chi connectivity index (χ1n) is 8.12. The van der Waals surface area contributed by atoms with Crippen LogP contribution in [0.5, 0.6) is 5.75 Å². The average molecular weight is 365 g/mol. The van der Waals surface area contributed by atoms with E-state index in [0.29, 0.717) is 23.0 Å². The Bertz CT molecular complexity index is 704. The van der Waals surface area contributed by atoms with E-state index in [4.69, 9.17) is 9.47 Å². The van der Waals surface area contributed by atoms with Crippen LogP contribution in [0.3, 0.4) is 0 Å². The Hall–Kier alpha value is -2.03. The van der Waals surface area contributed by atoms with E-state index < -0.39 is 0 Å². The van der Waals surface area contributed by atoms with E-state index in [2.05, 4.69) is 15.2 Å². The number of benzene rings is 1. The largest absolute Gasteiger partial charge is 0.486 e. The summed E-state index contributed by atoms with van der Waals surface area (Å²) in [6, 6.07) is 5.93. The summed E-state index contributed by atoms with van der Waals surface area (Å²) in [6.45, 7) is 4.86. The van der Waals surface area contributed by atoms with Crippen LogP contribution in [0.2, 0.25) is 0 Å². The standard InChI is InChI=1S/C17H20FN3O3S/c18-13-2-1-3-14(10-13)24-11-16-20-15(12-25-16)17(22)19-4-5-21-6-8-23-9-7-21/h1-3,10,12H,4-9,11H2,(H,19,22). The molecular weight excluding hydrogens is 345 g/mol. The Morgan fingerprint density at radius 2 is 2.24 bits per heavy atom. The molecule has 0 aliphatic carbocycles. The minimum atomic E-state index is -0.350. The lowest BCUT2D eigenvalue weighted by Crippen LogP contribution is -2.41. The van der Waals surface area contributed by atoms with Gasteiger partial charge in [0, 0.05) is 37.6 Å². The van der Waals surface area contributed by atoms with Gasteiger partial charge in [0.15, 0.2) is 0 Å². The molecule has 0 radical (unpaired) electrons. The van der Waals surface area contributed by atoms with Gasteiger partial charge in [0.1, 0.15) is 28.9 Å². The number of nitrogens with zero attached hydrogens (tertiary/aromatic N) is 2. The number of thiazole rings is 1. The molecule has 1 N–H and O–H groups in total. The summed E-state index contributed by atoms with van der Waals surface area (Å²) in [5.74, 6) is -0.106. The van der Waals surface area contributed by atoms with Crippen LogP contribution in [0.15, 0.2) is 29.6 Å². The van der Waals surface area contributed by atoms with Gasteiger partial charge >= 0.3 is 0 Å². The van der Waals surface area contributed by atoms with Crippen molar-refractivity contribution in [2.45, 2.75) is 6.61 Å². The van der Waals surface area contributed by atoms with Crippen molar-refractivity contribution in [3.8, 4) is 5.75 Å². The van der Waals surface area contributed by atoms with E-state index in [9.17, 15) is 9.18 Å². The SMILES string of the molecule is O=C(NCCN1CCOCC1)c1csc(COc2cccc(F)c2)n1. The summed E-state index contributed by atoms with van der Waals surface area (Å²) in [7, 11) is 0. The molecule has 1 aliphatic rings. The van der Waals surface area contributed by atoms with E-state index >= 15 is 0 Å². The van der Waals surface area contributed by atoms with Gasteiger partial charge in [-0.25, -0.2) is 9.37 Å². The molecule has 8 heteroatoms. The van der Waals surface area contributed by atoms with Gasteiger partial charge in [-0.2, -0.15) is 0 Å². The number of hydrogen-bond donors (Lipinski definition) is 1. The first-order valence-corrected chi connectivity index (χ1v) is 9.00. The fourth-order valence-electron chi connectivity index (χ4n) is 2.43. The third-order valence-corrected chi connectivity index (χ3v) is 4.58. The number of nitrogens with one attached hydrogen (secondary N) is 1. The van der Waals surface area contributed by atoms with E-state index in [1.807, 2.05) is 0 Å². The Morgan fingerprint density at radius 3 is 3.04 bits per heavy atom. The highest BCUT2D eigenvalue weighted by atomic mass is 32.1. The van der Waals surface area contributed by atoms with Gasteiger partial charge in [-0.3, -0.25) is 9.69 Å². The van der Waals surface area contributed by atoms with Crippen LogP contribution in [-0.4, -0.2) is 55.2 Å². The number of hydrogen-bond acceptors (Lipinski definition) is 6. The summed E-state index contributed by atoms with van der Waals surface area (Å²) >= 11 is 1.35. The molecule has 0 saturated carbocycles. The highest BCUT2D eigenvalue weighted by Crippen LogP contribution is 2.16. The number of halogens is 1. The van der Waals surface area contributed by atoms with Crippen molar-refractivity contribution >= 4 is 17.2 Å². The number of carbonyl (C=O) groups excluding carboxylic acids is 1. The summed E-state index contributed by atoms with van der Waals surface area (Å²) < 4.78 is 23.9. The minimum Gasteiger partial charge on any atom is -0.486 e. The number of carbonyl (C=O) groups is 1. The highest BCUT2D eigenvalue weighted by Gasteiger charge is 2.13. The van der Waals surface area contributed by atoms with Gasteiger partial charge in [-0.1, -0.05) is 6.07 Å². The zero-order chi connectivity index (χ0) is 17.5. The van der Waals surface area contributed by atoms with Crippen LogP contribution in [0, 0.1) is 5.82 Å². The van der Waals surface area contributed by atoms with Gasteiger partial charge in [0.05, 0.1) is 13.2 Å². The van der Waals surface area contributed by atoms with Gasteiger partial charge in [-0.05, 0) is 12.1 Å². The van der Waals surface area contributed by atoms with Crippen molar-refractivity contribution < 1.29 is 18.7 Å². The maximum atomic E-state index is 13.1. The van der Waals surface area contributed by atoms with Crippen molar-refractivity contribution in [1.29, 1.82) is 0 Å². The Kier molecular flexibility index (Phi) is 6.32. The second-order valence-corrected chi connectivity index (χ2v) is 6.53. The molecule has 6 nitrogen and oxygen atoms in total. The molecule has 0 bridgehead atoms. The number of ether oxygens (including phenoxy) is 2. The number of morpholine rings is 1. The maximum Gasteiger partial charge on any atom is 0.270 e. The number of aromatic nitrogens is 1. The van der Waals surface area contributed by atoms with Crippen molar-refractivity contribution in [2.24, 2.45) is 0 Å². The lowest BCUT2D eigenvalue weighted by molar-refractivity contribution is 0.0383. The number of amides is 1. The Labute approximate surface area is 149 Å². The molecule has 1 aliphatic heterocycles. The van der Waals surface area contributed by atoms with Gasteiger partial charge < -0.3 is 14.8 Å². The number of rotatable bonds is 7. The second kappa shape index (κ2) is 8.89. The third kappa shape index (κ3) is 5.48. The van der Waals surface area contributed by atoms with Crippen molar-refractivity contribution in [3.05, 3.63) is 46.2 Å². The van der Waals surface area contributed by atoms with Crippen molar-refractivity contribution in [1.82, 2.24) is 15.2 Å². The molecule has 2 heterocycles. The minimum absolute atomic E-state index is 0.193. The van der Waals surface area contributed by atoms with Crippen molar-refractivity contribution in [2.75, 3.05) is 39.4 Å². The van der Waals surface area contributed by atoms with E-state index in [0.717, 1.165) is 32.8 Å². The molecule has 1 fully saturated rings. The average Bonchev–Trinajstić information content (AvgIpc) is 3.10. The molecule has 1 aromatic carbocycles. The predicted molar refractivity (Wildman–Crippen MR) is 92.4 cm³/mol. The van der Waals surface area contributed by atoms with Gasteiger partial charge in [0.25, 0.3) is 5.91 Å². The fraction of sp³-hybridized carbons (Fsp3) is 0.412. The molecule has 2 aromatic rings. The quantitative estimate of drug-likeness (QED) is 0.812. The summed E-state index contributed by atoms with van der Waals surface area (Å²) in [5, 5.41) is 5.24. The van der Waals surface area contributed by atoms with Gasteiger partial charge in [-0.15, -0.1) is 11.3 Å². The smallest absolute Gasteiger partial charge is 0.270 e. The summed E-state index contributed by atoms with van der Waals surface area (Å²) in [5.41, 5.74) is 0.379. The van der Waals surface area contributed by atoms with Crippen LogP contribution in [0.4, 0.5) is 4.39 Å². The lowest BCUT2D eigenvalue weighted by atomic mass is 10.3. The first-order chi connectivity index (χ1) is 12.2. The Morgan fingerprint density at radius 1 is 1.40 bits per heavy atom. The normalized spacial score (nSPS) is 15.1. The fourth-order valence-corrected chi connectivity index (χ4v) is 3.11. The monoisotopic (exact) mass is 365 g/mol.